The molecule has 5 nitrogen and oxygen atoms in total. The number of primary amides is 1. The highest BCUT2D eigenvalue weighted by molar-refractivity contribution is 6.09. The first-order valence-electron chi connectivity index (χ1n) is 3.64. The number of carbonyl (C=O) groups excluding carboxylic acids is 1. The zero-order valence-electron chi connectivity index (χ0n) is 6.96. The maximum absolute atomic E-state index is 10.8. The third-order valence-electron chi connectivity index (χ3n) is 2.40. The minimum absolute atomic E-state index is 0.447. The highest BCUT2D eigenvalue weighted by Gasteiger charge is 2.76. The third kappa shape index (κ3) is 0.768. The summed E-state index contributed by atoms with van der Waals surface area (Å²) in [5, 5.41) is 8.72. The molecular weight excluding hydrogens is 162 g/mol. The Bertz CT molecular complexity index is 236. The van der Waals surface area contributed by atoms with Crippen molar-refractivity contribution in [2.24, 2.45) is 5.73 Å². The molecule has 12 heavy (non-hydrogen) atoms. The highest BCUT2D eigenvalue weighted by atomic mass is 16.7. The van der Waals surface area contributed by atoms with Gasteiger partial charge in [0.15, 0.2) is 0 Å². The predicted molar refractivity (Wildman–Crippen MR) is 39.3 cm³/mol. The van der Waals surface area contributed by atoms with E-state index in [-0.39, 0.29) is 0 Å². The Balaban J connectivity index is 2.97. The van der Waals surface area contributed by atoms with Crippen LogP contribution in [0, 0.1) is 0 Å². The zero-order valence-corrected chi connectivity index (χ0v) is 6.96. The van der Waals surface area contributed by atoms with Crippen LogP contribution in [0.2, 0.25) is 0 Å². The normalized spacial score (nSPS) is 39.2. The first-order valence-corrected chi connectivity index (χ1v) is 3.64. The van der Waals surface area contributed by atoms with Gasteiger partial charge in [0.2, 0.25) is 0 Å². The van der Waals surface area contributed by atoms with E-state index < -0.39 is 23.1 Å². The fourth-order valence-corrected chi connectivity index (χ4v) is 1.32. The van der Waals surface area contributed by atoms with Crippen LogP contribution >= 0.6 is 0 Å². The van der Waals surface area contributed by atoms with Gasteiger partial charge < -0.3 is 15.6 Å². The molecule has 0 aromatic rings. The standard InChI is InChI=1S/C7H11NO4/c1-3-6(2)7(12-6,4(8)9)5(10)11/h3H2,1-2H3,(H2,8,9)(H,10,11). The van der Waals surface area contributed by atoms with Gasteiger partial charge in [-0.05, 0) is 13.3 Å². The van der Waals surface area contributed by atoms with E-state index in [9.17, 15) is 9.59 Å². The van der Waals surface area contributed by atoms with E-state index in [0.29, 0.717) is 6.42 Å². The fraction of sp³-hybridized carbons (Fsp3) is 0.714. The molecule has 3 N–H and O–H groups in total. The molecule has 1 rings (SSSR count). The second-order valence-corrected chi connectivity index (χ2v) is 3.04. The summed E-state index contributed by atoms with van der Waals surface area (Å²) in [5.74, 6) is -2.24. The van der Waals surface area contributed by atoms with Crippen LogP contribution in [0.25, 0.3) is 0 Å². The molecule has 1 amide bonds. The number of aliphatic carboxylic acids is 1. The van der Waals surface area contributed by atoms with Gasteiger partial charge in [0.25, 0.3) is 11.5 Å². The number of hydrogen-bond donors (Lipinski definition) is 2. The summed E-state index contributed by atoms with van der Waals surface area (Å²) in [7, 11) is 0. The minimum atomic E-state index is -1.79. The molecule has 1 saturated heterocycles. The maximum atomic E-state index is 10.8. The van der Waals surface area contributed by atoms with Gasteiger partial charge in [-0.15, -0.1) is 0 Å². The number of carbonyl (C=O) groups is 2. The zero-order chi connectivity index (χ0) is 9.57. The van der Waals surface area contributed by atoms with E-state index in [0.717, 1.165) is 0 Å². The molecule has 1 aliphatic heterocycles. The first kappa shape index (κ1) is 8.99. The van der Waals surface area contributed by atoms with Crippen molar-refractivity contribution in [1.82, 2.24) is 0 Å². The lowest BCUT2D eigenvalue weighted by molar-refractivity contribution is -0.147. The SMILES string of the molecule is CCC1(C)OC1(C(N)=O)C(=O)O. The summed E-state index contributed by atoms with van der Waals surface area (Å²) in [4.78, 5) is 21.5. The van der Waals surface area contributed by atoms with Crippen LogP contribution in [0.4, 0.5) is 0 Å². The largest absolute Gasteiger partial charge is 0.479 e. The van der Waals surface area contributed by atoms with E-state index in [1.807, 2.05) is 0 Å². The Morgan fingerprint density at radius 3 is 2.17 bits per heavy atom. The predicted octanol–water partition coefficient (Wildman–Crippen LogP) is -0.506. The average Bonchev–Trinajstić information content (AvgIpc) is 2.59. The molecule has 0 aromatic heterocycles. The van der Waals surface area contributed by atoms with Crippen molar-refractivity contribution >= 4 is 11.9 Å². The number of carboxylic acids is 1. The third-order valence-corrected chi connectivity index (χ3v) is 2.40. The molecule has 68 valence electrons. The lowest BCUT2D eigenvalue weighted by Gasteiger charge is -2.06. The lowest BCUT2D eigenvalue weighted by atomic mass is 9.91. The molecule has 1 heterocycles. The van der Waals surface area contributed by atoms with Crippen molar-refractivity contribution in [2.45, 2.75) is 31.5 Å². The summed E-state index contributed by atoms with van der Waals surface area (Å²) in [5.41, 5.74) is 2.22. The Kier molecular flexibility index (Phi) is 1.64. The van der Waals surface area contributed by atoms with Crippen molar-refractivity contribution in [3.63, 3.8) is 0 Å². The van der Waals surface area contributed by atoms with E-state index in [2.05, 4.69) is 0 Å². The molecule has 2 unspecified atom stereocenters. The van der Waals surface area contributed by atoms with Crippen LogP contribution in [0.1, 0.15) is 20.3 Å². The quantitative estimate of drug-likeness (QED) is 0.444. The average molecular weight is 173 g/mol. The summed E-state index contributed by atoms with van der Waals surface area (Å²) >= 11 is 0. The van der Waals surface area contributed by atoms with Crippen molar-refractivity contribution in [3.8, 4) is 0 Å². The highest BCUT2D eigenvalue weighted by Crippen LogP contribution is 2.50. The number of hydrogen-bond acceptors (Lipinski definition) is 3. The Hall–Kier alpha value is -1.10. The van der Waals surface area contributed by atoms with Crippen LogP contribution in [0.5, 0.6) is 0 Å². The minimum Gasteiger partial charge on any atom is -0.479 e. The monoisotopic (exact) mass is 173 g/mol. The van der Waals surface area contributed by atoms with Gasteiger partial charge in [0.1, 0.15) is 5.60 Å². The number of amides is 1. The van der Waals surface area contributed by atoms with Crippen LogP contribution in [-0.2, 0) is 14.3 Å². The van der Waals surface area contributed by atoms with Gasteiger partial charge >= 0.3 is 5.97 Å². The van der Waals surface area contributed by atoms with Crippen LogP contribution in [0.3, 0.4) is 0 Å². The Morgan fingerprint density at radius 1 is 1.58 bits per heavy atom. The molecular formula is C7H11NO4. The van der Waals surface area contributed by atoms with Gasteiger partial charge in [-0.1, -0.05) is 6.92 Å². The van der Waals surface area contributed by atoms with Gasteiger partial charge in [-0.2, -0.15) is 0 Å². The van der Waals surface area contributed by atoms with Crippen LogP contribution in [0.15, 0.2) is 0 Å². The van der Waals surface area contributed by atoms with Crippen LogP contribution in [-0.4, -0.2) is 28.2 Å². The van der Waals surface area contributed by atoms with Gasteiger partial charge in [0, 0.05) is 0 Å². The lowest BCUT2D eigenvalue weighted by Crippen LogP contribution is -2.44. The van der Waals surface area contributed by atoms with Gasteiger partial charge in [-0.3, -0.25) is 4.79 Å². The van der Waals surface area contributed by atoms with E-state index in [1.165, 1.54) is 0 Å². The second kappa shape index (κ2) is 2.20. The molecule has 1 fully saturated rings. The van der Waals surface area contributed by atoms with Gasteiger partial charge in [0.05, 0.1) is 0 Å². The molecule has 5 heteroatoms. The molecule has 1 aliphatic rings. The first-order chi connectivity index (χ1) is 5.40. The maximum Gasteiger partial charge on any atom is 0.349 e. The summed E-state index contributed by atoms with van der Waals surface area (Å²) in [6.07, 6.45) is 0.447. The van der Waals surface area contributed by atoms with Crippen molar-refractivity contribution in [1.29, 1.82) is 0 Å². The van der Waals surface area contributed by atoms with Crippen molar-refractivity contribution < 1.29 is 19.4 Å². The summed E-state index contributed by atoms with van der Waals surface area (Å²) in [6.45, 7) is 3.31. The molecule has 0 aromatic carbocycles. The molecule has 0 saturated carbocycles. The number of ether oxygens (including phenoxy) is 1. The van der Waals surface area contributed by atoms with Crippen molar-refractivity contribution in [2.75, 3.05) is 0 Å². The van der Waals surface area contributed by atoms with Gasteiger partial charge in [-0.25, -0.2) is 4.79 Å². The number of carboxylic acid groups (broad SMARTS) is 1. The van der Waals surface area contributed by atoms with Crippen LogP contribution < -0.4 is 5.73 Å². The Labute approximate surface area is 69.5 Å². The molecule has 0 spiro atoms. The smallest absolute Gasteiger partial charge is 0.349 e. The molecule has 2 atom stereocenters. The number of nitrogens with two attached hydrogens (primary N) is 1. The number of rotatable bonds is 3. The van der Waals surface area contributed by atoms with E-state index in [1.54, 1.807) is 13.8 Å². The van der Waals surface area contributed by atoms with E-state index in [4.69, 9.17) is 15.6 Å². The molecule has 0 radical (unpaired) electrons. The van der Waals surface area contributed by atoms with E-state index >= 15 is 0 Å². The second-order valence-electron chi connectivity index (χ2n) is 3.04. The Morgan fingerprint density at radius 2 is 2.08 bits per heavy atom. The summed E-state index contributed by atoms with van der Waals surface area (Å²) < 4.78 is 4.89. The molecule has 0 aliphatic carbocycles. The molecule has 0 bridgehead atoms. The fourth-order valence-electron chi connectivity index (χ4n) is 1.32. The topological polar surface area (TPSA) is 92.9 Å². The van der Waals surface area contributed by atoms with Crippen molar-refractivity contribution in [3.05, 3.63) is 0 Å². The number of epoxide rings is 1. The summed E-state index contributed by atoms with van der Waals surface area (Å²) in [6, 6.07) is 0.